The second kappa shape index (κ2) is 7.90. The van der Waals surface area contributed by atoms with Crippen LogP contribution in [0.2, 0.25) is 0 Å². The molecule has 1 aliphatic heterocycles. The minimum absolute atomic E-state index is 0.700. The lowest BCUT2D eigenvalue weighted by Crippen LogP contribution is -2.21. The van der Waals surface area contributed by atoms with Gasteiger partial charge in [-0.25, -0.2) is 4.79 Å². The highest BCUT2D eigenvalue weighted by Gasteiger charge is 2.31. The van der Waals surface area contributed by atoms with Crippen molar-refractivity contribution in [3.8, 4) is 0 Å². The molecule has 0 radical (unpaired) electrons. The topological polar surface area (TPSA) is 136 Å². The highest BCUT2D eigenvalue weighted by molar-refractivity contribution is 5.94. The molecule has 0 atom stereocenters. The van der Waals surface area contributed by atoms with Crippen molar-refractivity contribution in [1.29, 1.82) is 0 Å². The van der Waals surface area contributed by atoms with E-state index in [1.165, 1.54) is 32.4 Å². The molecule has 0 bridgehead atoms. The number of nitrogens with zero attached hydrogens (tertiary/aromatic N) is 2. The second-order valence-electron chi connectivity index (χ2n) is 4.30. The molecule has 2 N–H and O–H groups in total. The molecule has 1 aromatic rings. The summed E-state index contributed by atoms with van der Waals surface area (Å²) < 4.78 is 0. The molecule has 2 rings (SSSR count). The molecule has 0 aliphatic carbocycles. The minimum atomic E-state index is -1.58. The lowest BCUT2D eigenvalue weighted by atomic mass is 10.1. The number of aromatic carboxylic acids is 1. The van der Waals surface area contributed by atoms with Crippen LogP contribution in [0.1, 0.15) is 29.6 Å². The number of carboxylic acids is 1. The maximum Gasteiger partial charge on any atom is 0.360 e. The molecular formula is C12H15N3O6. The van der Waals surface area contributed by atoms with Crippen LogP contribution >= 0.6 is 0 Å². The van der Waals surface area contributed by atoms with E-state index >= 15 is 0 Å². The van der Waals surface area contributed by atoms with Crippen molar-refractivity contribution in [2.75, 3.05) is 13.1 Å². The molecule has 114 valence electrons. The van der Waals surface area contributed by atoms with Gasteiger partial charge in [-0.15, -0.1) is 0 Å². The number of piperidine rings is 1. The maximum absolute atomic E-state index is 10.6. The number of hydrogen-bond donors (Lipinski definition) is 2. The number of nitrogens with one attached hydrogen (secondary N) is 1. The van der Waals surface area contributed by atoms with Crippen LogP contribution in [-0.4, -0.2) is 34.0 Å². The molecule has 0 saturated carbocycles. The van der Waals surface area contributed by atoms with Crippen LogP contribution in [0, 0.1) is 20.2 Å². The third-order valence-electron chi connectivity index (χ3n) is 2.83. The predicted octanol–water partition coefficient (Wildman–Crippen LogP) is 1.96. The number of hydrogen-bond acceptors (Lipinski definition) is 6. The van der Waals surface area contributed by atoms with Crippen LogP contribution in [0.4, 0.5) is 11.4 Å². The third-order valence-corrected chi connectivity index (χ3v) is 2.83. The Hall–Kier alpha value is -2.55. The van der Waals surface area contributed by atoms with Gasteiger partial charge in [-0.2, -0.15) is 0 Å². The Balaban J connectivity index is 0.000000304. The molecule has 0 spiro atoms. The summed E-state index contributed by atoms with van der Waals surface area (Å²) in [7, 11) is 0. The van der Waals surface area contributed by atoms with Crippen molar-refractivity contribution in [1.82, 2.24) is 5.32 Å². The summed E-state index contributed by atoms with van der Waals surface area (Å²) in [4.78, 5) is 29.4. The van der Waals surface area contributed by atoms with E-state index in [0.29, 0.717) is 0 Å². The van der Waals surface area contributed by atoms with Crippen molar-refractivity contribution in [2.24, 2.45) is 0 Å². The van der Waals surface area contributed by atoms with E-state index in [4.69, 9.17) is 5.11 Å². The van der Waals surface area contributed by atoms with E-state index in [-0.39, 0.29) is 0 Å². The standard InChI is InChI=1S/C7H4N2O6.C5H11N/c10-7(11)4-2-1-3-5(8(12)13)6(4)9(14)15;1-2-4-6-5-3-1/h1-3H,(H,10,11);6H,1-5H2. The molecule has 1 heterocycles. The summed E-state index contributed by atoms with van der Waals surface area (Å²) >= 11 is 0. The van der Waals surface area contributed by atoms with Gasteiger partial charge in [0.1, 0.15) is 5.56 Å². The monoisotopic (exact) mass is 297 g/mol. The smallest absolute Gasteiger partial charge is 0.360 e. The van der Waals surface area contributed by atoms with Gasteiger partial charge in [0.05, 0.1) is 9.85 Å². The van der Waals surface area contributed by atoms with Crippen molar-refractivity contribution >= 4 is 17.3 Å². The molecule has 0 aromatic heterocycles. The van der Waals surface area contributed by atoms with Gasteiger partial charge in [0.25, 0.3) is 0 Å². The first-order valence-electron chi connectivity index (χ1n) is 6.31. The van der Waals surface area contributed by atoms with Crippen molar-refractivity contribution in [3.05, 3.63) is 44.0 Å². The molecule has 0 unspecified atom stereocenters. The normalized spacial score (nSPS) is 13.7. The number of carboxylic acid groups (broad SMARTS) is 1. The lowest BCUT2D eigenvalue weighted by molar-refractivity contribution is -0.422. The second-order valence-corrected chi connectivity index (χ2v) is 4.30. The van der Waals surface area contributed by atoms with Gasteiger partial charge in [0, 0.05) is 6.07 Å². The molecular weight excluding hydrogens is 282 g/mol. The Bertz CT molecular complexity index is 498. The zero-order chi connectivity index (χ0) is 15.8. The molecule has 21 heavy (non-hydrogen) atoms. The molecule has 1 saturated heterocycles. The molecule has 9 heteroatoms. The van der Waals surface area contributed by atoms with E-state index < -0.39 is 32.8 Å². The fourth-order valence-corrected chi connectivity index (χ4v) is 1.84. The first-order valence-corrected chi connectivity index (χ1v) is 6.31. The van der Waals surface area contributed by atoms with Crippen LogP contribution in [0.25, 0.3) is 0 Å². The molecule has 1 aromatic carbocycles. The first-order chi connectivity index (χ1) is 9.95. The van der Waals surface area contributed by atoms with Crippen molar-refractivity contribution < 1.29 is 19.7 Å². The summed E-state index contributed by atoms with van der Waals surface area (Å²) in [6.45, 7) is 2.50. The first kappa shape index (κ1) is 16.5. The van der Waals surface area contributed by atoms with E-state index in [1.54, 1.807) is 0 Å². The summed E-state index contributed by atoms with van der Waals surface area (Å²) in [5.41, 5.74) is -2.54. The summed E-state index contributed by atoms with van der Waals surface area (Å²) in [6, 6.07) is 2.90. The van der Waals surface area contributed by atoms with Gasteiger partial charge in [0.2, 0.25) is 0 Å². The van der Waals surface area contributed by atoms with Gasteiger partial charge < -0.3 is 10.4 Å². The highest BCUT2D eigenvalue weighted by Crippen LogP contribution is 2.30. The van der Waals surface area contributed by atoms with E-state index in [9.17, 15) is 25.0 Å². The molecule has 9 nitrogen and oxygen atoms in total. The van der Waals surface area contributed by atoms with Crippen molar-refractivity contribution in [3.63, 3.8) is 0 Å². The largest absolute Gasteiger partial charge is 0.477 e. The number of benzene rings is 1. The fourth-order valence-electron chi connectivity index (χ4n) is 1.84. The van der Waals surface area contributed by atoms with Gasteiger partial charge in [-0.1, -0.05) is 12.5 Å². The van der Waals surface area contributed by atoms with E-state index in [2.05, 4.69) is 5.32 Å². The number of carbonyl (C=O) groups is 1. The highest BCUT2D eigenvalue weighted by atomic mass is 16.6. The molecule has 1 aliphatic rings. The molecule has 1 fully saturated rings. The maximum atomic E-state index is 10.6. The van der Waals surface area contributed by atoms with Crippen LogP contribution in [0.15, 0.2) is 18.2 Å². The third kappa shape index (κ3) is 4.80. The SMILES string of the molecule is C1CCNCC1.O=C(O)c1cccc([N+](=O)[O-])c1[N+](=O)[O-]. The summed E-state index contributed by atoms with van der Waals surface area (Å²) in [5.74, 6) is -1.58. The van der Waals surface area contributed by atoms with E-state index in [1.807, 2.05) is 0 Å². The van der Waals surface area contributed by atoms with Crippen LogP contribution in [0.5, 0.6) is 0 Å². The predicted molar refractivity (Wildman–Crippen MR) is 73.4 cm³/mol. The average Bonchev–Trinajstić information content (AvgIpc) is 2.48. The van der Waals surface area contributed by atoms with Crippen molar-refractivity contribution in [2.45, 2.75) is 19.3 Å². The minimum Gasteiger partial charge on any atom is -0.477 e. The average molecular weight is 297 g/mol. The number of nitro benzene ring substituents is 2. The summed E-state index contributed by atoms with van der Waals surface area (Å²) in [6.07, 6.45) is 4.22. The van der Waals surface area contributed by atoms with Gasteiger partial charge >= 0.3 is 17.3 Å². The quantitative estimate of drug-likeness (QED) is 0.642. The Morgan fingerprint density at radius 3 is 2.05 bits per heavy atom. The van der Waals surface area contributed by atoms with E-state index in [0.717, 1.165) is 18.2 Å². The van der Waals surface area contributed by atoms with Gasteiger partial charge in [-0.05, 0) is 32.0 Å². The van der Waals surface area contributed by atoms with Gasteiger partial charge in [-0.3, -0.25) is 20.2 Å². The van der Waals surface area contributed by atoms with Crippen LogP contribution in [0.3, 0.4) is 0 Å². The zero-order valence-corrected chi connectivity index (χ0v) is 11.2. The molecule has 0 amide bonds. The number of rotatable bonds is 3. The lowest BCUT2D eigenvalue weighted by Gasteiger charge is -2.08. The Morgan fingerprint density at radius 1 is 1.10 bits per heavy atom. The Kier molecular flexibility index (Phi) is 6.21. The zero-order valence-electron chi connectivity index (χ0n) is 11.2. The Morgan fingerprint density at radius 2 is 1.71 bits per heavy atom. The summed E-state index contributed by atoms with van der Waals surface area (Å²) in [5, 5.41) is 32.8. The Labute approximate surface area is 119 Å². The number of nitro groups is 2. The van der Waals surface area contributed by atoms with Crippen LogP contribution < -0.4 is 5.32 Å². The number of para-hydroxylation sites is 1. The van der Waals surface area contributed by atoms with Gasteiger partial charge in [0.15, 0.2) is 0 Å². The fraction of sp³-hybridized carbons (Fsp3) is 0.417. The van der Waals surface area contributed by atoms with Crippen LogP contribution in [-0.2, 0) is 0 Å².